The van der Waals surface area contributed by atoms with Gasteiger partial charge in [-0.25, -0.2) is 13.2 Å². The molecule has 0 saturated heterocycles. The molecule has 0 aliphatic carbocycles. The summed E-state index contributed by atoms with van der Waals surface area (Å²) in [6, 6.07) is 0.0400. The minimum Gasteiger partial charge on any atom is -0.465 e. The van der Waals surface area contributed by atoms with Gasteiger partial charge in [-0.15, -0.1) is 0 Å². The van der Waals surface area contributed by atoms with Crippen molar-refractivity contribution >= 4 is 11.9 Å². The van der Waals surface area contributed by atoms with Gasteiger partial charge in [-0.05, 0) is 18.1 Å². The Bertz CT molecular complexity index is 552. The SMILES string of the molecule is CC(=O)OC[C@H](C(N)=O)[C@H](N)Cc1cc(F)c(F)cc1F. The number of halogens is 3. The third-order valence-corrected chi connectivity index (χ3v) is 2.89. The van der Waals surface area contributed by atoms with Gasteiger partial charge in [0.2, 0.25) is 5.91 Å². The van der Waals surface area contributed by atoms with Crippen molar-refractivity contribution < 1.29 is 27.5 Å². The maximum absolute atomic E-state index is 13.5. The fourth-order valence-electron chi connectivity index (χ4n) is 1.74. The van der Waals surface area contributed by atoms with Crippen molar-refractivity contribution in [2.45, 2.75) is 19.4 Å². The Kier molecular flexibility index (Phi) is 5.71. The molecule has 0 aliphatic heterocycles. The first-order chi connectivity index (χ1) is 9.72. The molecule has 1 aromatic rings. The van der Waals surface area contributed by atoms with Gasteiger partial charge < -0.3 is 16.2 Å². The van der Waals surface area contributed by atoms with Crippen LogP contribution in [-0.2, 0) is 20.7 Å². The van der Waals surface area contributed by atoms with Gasteiger partial charge in [0, 0.05) is 19.0 Å². The van der Waals surface area contributed by atoms with E-state index in [1.807, 2.05) is 0 Å². The Hall–Kier alpha value is -2.09. The third kappa shape index (κ3) is 4.75. The molecule has 0 radical (unpaired) electrons. The number of hydrogen-bond donors (Lipinski definition) is 2. The van der Waals surface area contributed by atoms with Crippen LogP contribution in [0.25, 0.3) is 0 Å². The Labute approximate surface area is 119 Å². The number of carbonyl (C=O) groups is 2. The van der Waals surface area contributed by atoms with Crippen molar-refractivity contribution in [1.82, 2.24) is 0 Å². The number of benzene rings is 1. The zero-order valence-electron chi connectivity index (χ0n) is 11.2. The fraction of sp³-hybridized carbons (Fsp3) is 0.385. The van der Waals surface area contributed by atoms with Crippen molar-refractivity contribution in [2.75, 3.05) is 6.61 Å². The highest BCUT2D eigenvalue weighted by atomic mass is 19.2. The van der Waals surface area contributed by atoms with Crippen molar-refractivity contribution in [3.8, 4) is 0 Å². The van der Waals surface area contributed by atoms with Crippen molar-refractivity contribution in [2.24, 2.45) is 17.4 Å². The molecular formula is C13H15F3N2O3. The van der Waals surface area contributed by atoms with Crippen LogP contribution in [0.15, 0.2) is 12.1 Å². The largest absolute Gasteiger partial charge is 0.465 e. The molecule has 21 heavy (non-hydrogen) atoms. The minimum atomic E-state index is -1.32. The summed E-state index contributed by atoms with van der Waals surface area (Å²) in [6.07, 6.45) is -0.266. The van der Waals surface area contributed by atoms with Crippen LogP contribution >= 0.6 is 0 Å². The number of hydrogen-bond acceptors (Lipinski definition) is 4. The molecule has 0 heterocycles. The van der Waals surface area contributed by atoms with Crippen LogP contribution in [0.4, 0.5) is 13.2 Å². The third-order valence-electron chi connectivity index (χ3n) is 2.89. The summed E-state index contributed by atoms with van der Waals surface area (Å²) in [5, 5.41) is 0. The molecule has 0 unspecified atom stereocenters. The Morgan fingerprint density at radius 3 is 2.29 bits per heavy atom. The van der Waals surface area contributed by atoms with Gasteiger partial charge in [-0.2, -0.15) is 0 Å². The molecule has 4 N–H and O–H groups in total. The lowest BCUT2D eigenvalue weighted by atomic mass is 9.94. The van der Waals surface area contributed by atoms with Gasteiger partial charge in [-0.1, -0.05) is 0 Å². The molecule has 0 aromatic heterocycles. The zero-order chi connectivity index (χ0) is 16.2. The first kappa shape index (κ1) is 17.0. The monoisotopic (exact) mass is 304 g/mol. The van der Waals surface area contributed by atoms with Crippen LogP contribution < -0.4 is 11.5 Å². The highest BCUT2D eigenvalue weighted by Gasteiger charge is 2.26. The molecule has 0 saturated carbocycles. The zero-order valence-corrected chi connectivity index (χ0v) is 11.2. The molecule has 8 heteroatoms. The quantitative estimate of drug-likeness (QED) is 0.595. The minimum absolute atomic E-state index is 0.199. The average Bonchev–Trinajstić information content (AvgIpc) is 2.35. The summed E-state index contributed by atoms with van der Waals surface area (Å²) >= 11 is 0. The first-order valence-corrected chi connectivity index (χ1v) is 6.04. The second-order valence-corrected chi connectivity index (χ2v) is 4.54. The normalized spacial score (nSPS) is 13.6. The molecule has 0 aliphatic rings. The second-order valence-electron chi connectivity index (χ2n) is 4.54. The molecule has 0 bridgehead atoms. The highest BCUT2D eigenvalue weighted by Crippen LogP contribution is 2.17. The maximum Gasteiger partial charge on any atom is 0.302 e. The van der Waals surface area contributed by atoms with E-state index in [-0.39, 0.29) is 18.6 Å². The Morgan fingerprint density at radius 1 is 1.19 bits per heavy atom. The number of amides is 1. The molecule has 2 atom stereocenters. The van der Waals surface area contributed by atoms with Gasteiger partial charge in [0.1, 0.15) is 12.4 Å². The molecule has 1 rings (SSSR count). The number of primary amides is 1. The van der Waals surface area contributed by atoms with Crippen LogP contribution in [-0.4, -0.2) is 24.5 Å². The van der Waals surface area contributed by atoms with E-state index in [1.54, 1.807) is 0 Å². The summed E-state index contributed by atoms with van der Waals surface area (Å²) in [6.45, 7) is 0.774. The van der Waals surface area contributed by atoms with Crippen LogP contribution in [0.1, 0.15) is 12.5 Å². The predicted molar refractivity (Wildman–Crippen MR) is 67.3 cm³/mol. The summed E-state index contributed by atoms with van der Waals surface area (Å²) in [5.74, 6) is -6.08. The van der Waals surface area contributed by atoms with Crippen molar-refractivity contribution in [1.29, 1.82) is 0 Å². The topological polar surface area (TPSA) is 95.4 Å². The van der Waals surface area contributed by atoms with Gasteiger partial charge in [-0.3, -0.25) is 9.59 Å². The first-order valence-electron chi connectivity index (χ1n) is 6.04. The van der Waals surface area contributed by atoms with Gasteiger partial charge in [0.05, 0.1) is 5.92 Å². The van der Waals surface area contributed by atoms with Crippen LogP contribution in [0.3, 0.4) is 0 Å². The van der Waals surface area contributed by atoms with Gasteiger partial charge in [0.15, 0.2) is 11.6 Å². The predicted octanol–water partition coefficient (Wildman–Crippen LogP) is 0.638. The number of esters is 1. The summed E-state index contributed by atoms with van der Waals surface area (Å²) in [7, 11) is 0. The lowest BCUT2D eigenvalue weighted by Crippen LogP contribution is -2.43. The van der Waals surface area contributed by atoms with E-state index in [1.165, 1.54) is 0 Å². The number of nitrogens with two attached hydrogens (primary N) is 2. The highest BCUT2D eigenvalue weighted by molar-refractivity contribution is 5.78. The van der Waals surface area contributed by atoms with E-state index in [0.717, 1.165) is 6.92 Å². The van der Waals surface area contributed by atoms with E-state index in [2.05, 4.69) is 4.74 Å². The van der Waals surface area contributed by atoms with Crippen molar-refractivity contribution in [3.63, 3.8) is 0 Å². The second kappa shape index (κ2) is 7.07. The average molecular weight is 304 g/mol. The van der Waals surface area contributed by atoms with E-state index in [4.69, 9.17) is 11.5 Å². The van der Waals surface area contributed by atoms with Crippen molar-refractivity contribution in [3.05, 3.63) is 35.1 Å². The summed E-state index contributed by atoms with van der Waals surface area (Å²) in [4.78, 5) is 22.0. The van der Waals surface area contributed by atoms with E-state index in [0.29, 0.717) is 12.1 Å². The number of rotatable bonds is 6. The Morgan fingerprint density at radius 2 is 1.76 bits per heavy atom. The lowest BCUT2D eigenvalue weighted by Gasteiger charge is -2.21. The van der Waals surface area contributed by atoms with E-state index >= 15 is 0 Å². The fourth-order valence-corrected chi connectivity index (χ4v) is 1.74. The summed E-state index contributed by atoms with van der Waals surface area (Å²) < 4.78 is 44.1. The molecule has 0 spiro atoms. The van der Waals surface area contributed by atoms with Crippen LogP contribution in [0, 0.1) is 23.4 Å². The number of ether oxygens (including phenoxy) is 1. The number of carbonyl (C=O) groups excluding carboxylic acids is 2. The smallest absolute Gasteiger partial charge is 0.302 e. The molecule has 1 aromatic carbocycles. The van der Waals surface area contributed by atoms with E-state index in [9.17, 15) is 22.8 Å². The van der Waals surface area contributed by atoms with E-state index < -0.39 is 41.3 Å². The van der Waals surface area contributed by atoms with Crippen LogP contribution in [0.5, 0.6) is 0 Å². The lowest BCUT2D eigenvalue weighted by molar-refractivity contribution is -0.143. The standard InChI is InChI=1S/C13H15F3N2O3/c1-6(19)21-5-8(13(18)20)12(17)3-7-2-10(15)11(16)4-9(7)14/h2,4,8,12H,3,5,17H2,1H3,(H2,18,20)/t8-,12+/m0/s1. The molecule has 116 valence electrons. The summed E-state index contributed by atoms with van der Waals surface area (Å²) in [5.41, 5.74) is 10.7. The Balaban J connectivity index is 2.86. The molecular weight excluding hydrogens is 289 g/mol. The molecule has 0 fully saturated rings. The molecule has 5 nitrogen and oxygen atoms in total. The van der Waals surface area contributed by atoms with Gasteiger partial charge >= 0.3 is 5.97 Å². The van der Waals surface area contributed by atoms with Gasteiger partial charge in [0.25, 0.3) is 0 Å². The van der Waals surface area contributed by atoms with Crippen LogP contribution in [0.2, 0.25) is 0 Å². The molecule has 1 amide bonds. The maximum atomic E-state index is 13.5.